The average Bonchev–Trinajstić information content (AvgIpc) is 1.89. The molecule has 1 aliphatic rings. The summed E-state index contributed by atoms with van der Waals surface area (Å²) in [4.78, 5) is 2.36. The van der Waals surface area contributed by atoms with Crippen LogP contribution in [0.15, 0.2) is 0 Å². The van der Waals surface area contributed by atoms with E-state index in [0.717, 1.165) is 26.2 Å². The number of hydrogen-bond acceptors (Lipinski definition) is 3. The molecule has 1 aliphatic heterocycles. The Morgan fingerprint density at radius 1 is 1.78 bits per heavy atom. The van der Waals surface area contributed by atoms with Gasteiger partial charge in [0, 0.05) is 19.6 Å². The van der Waals surface area contributed by atoms with Gasteiger partial charge in [-0.3, -0.25) is 4.90 Å². The summed E-state index contributed by atoms with van der Waals surface area (Å²) in [7, 11) is 0. The quantitative estimate of drug-likeness (QED) is 0.513. The predicted molar refractivity (Wildman–Crippen MR) is 42.9 cm³/mol. The third-order valence-corrected chi connectivity index (χ3v) is 2.24. The van der Waals surface area contributed by atoms with Gasteiger partial charge in [0.2, 0.25) is 0 Å². The summed E-state index contributed by atoms with van der Waals surface area (Å²) in [6, 6.07) is 0. The Hall–Kier alpha value is 0.270. The van der Waals surface area contributed by atoms with Crippen LogP contribution in [0.3, 0.4) is 0 Å². The van der Waals surface area contributed by atoms with Crippen LogP contribution in [0.25, 0.3) is 0 Å². The number of rotatable bonds is 1. The minimum Gasteiger partial charge on any atom is -0.313 e. The first kappa shape index (κ1) is 7.38. The molecule has 2 nitrogen and oxygen atoms in total. The van der Waals surface area contributed by atoms with E-state index in [4.69, 9.17) is 0 Å². The topological polar surface area (TPSA) is 15.3 Å². The van der Waals surface area contributed by atoms with Crippen LogP contribution in [0.1, 0.15) is 6.92 Å². The summed E-state index contributed by atoms with van der Waals surface area (Å²) < 4.78 is 0. The molecule has 0 amide bonds. The standard InChI is InChI=1S/C6H14N2S/c1-2-8-4-3-7-5-6(8)9/h6-7,9H,2-5H2,1H3. The Kier molecular flexibility index (Phi) is 2.82. The van der Waals surface area contributed by atoms with Gasteiger partial charge in [0.25, 0.3) is 0 Å². The summed E-state index contributed by atoms with van der Waals surface area (Å²) in [5, 5.41) is 3.71. The van der Waals surface area contributed by atoms with Crippen LogP contribution >= 0.6 is 12.6 Å². The van der Waals surface area contributed by atoms with E-state index in [-0.39, 0.29) is 0 Å². The minimum absolute atomic E-state index is 0.434. The van der Waals surface area contributed by atoms with E-state index >= 15 is 0 Å². The Morgan fingerprint density at radius 3 is 3.00 bits per heavy atom. The van der Waals surface area contributed by atoms with Crippen molar-refractivity contribution >= 4 is 12.6 Å². The molecule has 1 rings (SSSR count). The molecule has 0 saturated carbocycles. The van der Waals surface area contributed by atoms with Crippen LogP contribution in [0.4, 0.5) is 0 Å². The largest absolute Gasteiger partial charge is 0.313 e. The van der Waals surface area contributed by atoms with Gasteiger partial charge < -0.3 is 5.32 Å². The van der Waals surface area contributed by atoms with E-state index in [1.807, 2.05) is 0 Å². The molecule has 0 radical (unpaired) electrons. The van der Waals surface area contributed by atoms with E-state index in [9.17, 15) is 0 Å². The molecule has 54 valence electrons. The summed E-state index contributed by atoms with van der Waals surface area (Å²) in [5.74, 6) is 0. The lowest BCUT2D eigenvalue weighted by Crippen LogP contribution is -2.48. The molecule has 0 aromatic carbocycles. The van der Waals surface area contributed by atoms with Crippen molar-refractivity contribution < 1.29 is 0 Å². The van der Waals surface area contributed by atoms with Crippen LogP contribution in [-0.2, 0) is 0 Å². The molecule has 0 bridgehead atoms. The third kappa shape index (κ3) is 1.85. The number of nitrogens with one attached hydrogen (secondary N) is 1. The van der Waals surface area contributed by atoms with Crippen molar-refractivity contribution in [1.29, 1.82) is 0 Å². The van der Waals surface area contributed by atoms with Gasteiger partial charge in [0.05, 0.1) is 5.37 Å². The van der Waals surface area contributed by atoms with Crippen LogP contribution in [-0.4, -0.2) is 36.5 Å². The Labute approximate surface area is 62.0 Å². The normalized spacial score (nSPS) is 30.7. The highest BCUT2D eigenvalue weighted by Gasteiger charge is 2.15. The number of piperazine rings is 1. The van der Waals surface area contributed by atoms with Crippen LogP contribution < -0.4 is 5.32 Å². The van der Waals surface area contributed by atoms with Crippen LogP contribution in [0.5, 0.6) is 0 Å². The molecule has 3 heteroatoms. The first-order chi connectivity index (χ1) is 4.34. The van der Waals surface area contributed by atoms with Crippen molar-refractivity contribution in [2.75, 3.05) is 26.2 Å². The fourth-order valence-electron chi connectivity index (χ4n) is 1.10. The van der Waals surface area contributed by atoms with Crippen LogP contribution in [0, 0.1) is 0 Å². The van der Waals surface area contributed by atoms with Gasteiger partial charge in [-0.1, -0.05) is 6.92 Å². The molecule has 0 aromatic heterocycles. The summed E-state index contributed by atoms with van der Waals surface area (Å²) in [6.45, 7) is 6.58. The summed E-state index contributed by atoms with van der Waals surface area (Å²) >= 11 is 4.40. The van der Waals surface area contributed by atoms with Crippen molar-refractivity contribution in [2.24, 2.45) is 0 Å². The fourth-order valence-corrected chi connectivity index (χ4v) is 1.51. The number of thiol groups is 1. The first-order valence-electron chi connectivity index (χ1n) is 3.47. The molecule has 1 fully saturated rings. The molecule has 1 unspecified atom stereocenters. The maximum Gasteiger partial charge on any atom is 0.0654 e. The van der Waals surface area contributed by atoms with Gasteiger partial charge in [-0.2, -0.15) is 12.6 Å². The molecule has 1 atom stereocenters. The van der Waals surface area contributed by atoms with E-state index in [2.05, 4.69) is 29.8 Å². The third-order valence-electron chi connectivity index (χ3n) is 1.73. The van der Waals surface area contributed by atoms with Crippen LogP contribution in [0.2, 0.25) is 0 Å². The van der Waals surface area contributed by atoms with Gasteiger partial charge in [-0.25, -0.2) is 0 Å². The number of nitrogens with zero attached hydrogens (tertiary/aromatic N) is 1. The van der Waals surface area contributed by atoms with E-state index in [0.29, 0.717) is 5.37 Å². The second-order valence-electron chi connectivity index (χ2n) is 2.31. The molecule has 1 heterocycles. The molecule has 0 spiro atoms. The molecule has 9 heavy (non-hydrogen) atoms. The lowest BCUT2D eigenvalue weighted by atomic mass is 10.4. The maximum absolute atomic E-state index is 4.40. The van der Waals surface area contributed by atoms with E-state index in [1.54, 1.807) is 0 Å². The van der Waals surface area contributed by atoms with Gasteiger partial charge >= 0.3 is 0 Å². The zero-order valence-corrected chi connectivity index (χ0v) is 6.69. The number of hydrogen-bond donors (Lipinski definition) is 2. The lowest BCUT2D eigenvalue weighted by molar-refractivity contribution is 0.231. The summed E-state index contributed by atoms with van der Waals surface area (Å²) in [5.41, 5.74) is 0. The number of likely N-dealkylation sites (N-methyl/N-ethyl adjacent to an activating group) is 1. The predicted octanol–water partition coefficient (Wildman–Crippen LogP) is 0.167. The zero-order chi connectivity index (χ0) is 6.69. The Bertz CT molecular complexity index is 87.1. The van der Waals surface area contributed by atoms with E-state index in [1.165, 1.54) is 0 Å². The Morgan fingerprint density at radius 2 is 2.56 bits per heavy atom. The molecule has 0 aliphatic carbocycles. The second-order valence-corrected chi connectivity index (χ2v) is 2.91. The second kappa shape index (κ2) is 3.44. The minimum atomic E-state index is 0.434. The van der Waals surface area contributed by atoms with Gasteiger partial charge in [-0.15, -0.1) is 0 Å². The zero-order valence-electron chi connectivity index (χ0n) is 5.80. The van der Waals surface area contributed by atoms with Crippen molar-refractivity contribution in [3.63, 3.8) is 0 Å². The summed E-state index contributed by atoms with van der Waals surface area (Å²) in [6.07, 6.45) is 0. The highest BCUT2D eigenvalue weighted by Crippen LogP contribution is 2.04. The highest BCUT2D eigenvalue weighted by molar-refractivity contribution is 7.80. The van der Waals surface area contributed by atoms with Crippen molar-refractivity contribution in [3.05, 3.63) is 0 Å². The molecule has 0 aromatic rings. The first-order valence-corrected chi connectivity index (χ1v) is 3.99. The van der Waals surface area contributed by atoms with Gasteiger partial charge in [0.15, 0.2) is 0 Å². The Balaban J connectivity index is 2.30. The highest BCUT2D eigenvalue weighted by atomic mass is 32.1. The lowest BCUT2D eigenvalue weighted by Gasteiger charge is -2.31. The fraction of sp³-hybridized carbons (Fsp3) is 1.00. The molecular formula is C6H14N2S. The van der Waals surface area contributed by atoms with Crippen molar-refractivity contribution in [1.82, 2.24) is 10.2 Å². The van der Waals surface area contributed by atoms with Crippen molar-refractivity contribution in [3.8, 4) is 0 Å². The smallest absolute Gasteiger partial charge is 0.0654 e. The van der Waals surface area contributed by atoms with Gasteiger partial charge in [0.1, 0.15) is 0 Å². The van der Waals surface area contributed by atoms with E-state index < -0.39 is 0 Å². The molecular weight excluding hydrogens is 132 g/mol. The maximum atomic E-state index is 4.40. The monoisotopic (exact) mass is 146 g/mol. The van der Waals surface area contributed by atoms with Crippen molar-refractivity contribution in [2.45, 2.75) is 12.3 Å². The van der Waals surface area contributed by atoms with Gasteiger partial charge in [-0.05, 0) is 6.54 Å². The molecule has 1 saturated heterocycles. The average molecular weight is 146 g/mol. The SMILES string of the molecule is CCN1CCNCC1S. The molecule has 1 N–H and O–H groups in total.